The molecule has 2 unspecified atom stereocenters. The highest BCUT2D eigenvalue weighted by atomic mass is 16.7. The van der Waals surface area contributed by atoms with Crippen molar-refractivity contribution in [1.29, 1.82) is 0 Å². The van der Waals surface area contributed by atoms with Crippen LogP contribution in [0.5, 0.6) is 0 Å². The second kappa shape index (κ2) is 13.2. The molecular formula is C27H35N5O4. The first-order chi connectivity index (χ1) is 17.6. The number of anilines is 1. The average Bonchev–Trinajstić information content (AvgIpc) is 2.92. The van der Waals surface area contributed by atoms with E-state index in [0.29, 0.717) is 18.1 Å². The van der Waals surface area contributed by atoms with E-state index in [1.807, 2.05) is 42.5 Å². The van der Waals surface area contributed by atoms with E-state index in [1.54, 1.807) is 19.3 Å². The first-order valence-corrected chi connectivity index (χ1v) is 12.6. The van der Waals surface area contributed by atoms with Gasteiger partial charge in [-0.25, -0.2) is 9.97 Å². The van der Waals surface area contributed by atoms with Crippen LogP contribution in [0.25, 0.3) is 6.08 Å². The topological polar surface area (TPSA) is 96.9 Å². The number of carbonyl (C=O) groups excluding carboxylic acids is 2. The van der Waals surface area contributed by atoms with Crippen LogP contribution in [0.3, 0.4) is 0 Å². The number of aromatic nitrogens is 2. The molecule has 0 radical (unpaired) electrons. The zero-order valence-electron chi connectivity index (χ0n) is 20.8. The summed E-state index contributed by atoms with van der Waals surface area (Å²) in [6.07, 6.45) is 9.86. The molecule has 2 fully saturated rings. The fourth-order valence-corrected chi connectivity index (χ4v) is 4.34. The van der Waals surface area contributed by atoms with Gasteiger partial charge in [-0.3, -0.25) is 14.5 Å². The largest absolute Gasteiger partial charge is 0.353 e. The van der Waals surface area contributed by atoms with Gasteiger partial charge in [0.2, 0.25) is 11.9 Å². The van der Waals surface area contributed by atoms with Crippen LogP contribution in [0, 0.1) is 0 Å². The predicted octanol–water partition coefficient (Wildman–Crippen LogP) is 2.54. The average molecular weight is 494 g/mol. The van der Waals surface area contributed by atoms with Gasteiger partial charge in [0.05, 0.1) is 11.6 Å². The lowest BCUT2D eigenvalue weighted by Crippen LogP contribution is -2.51. The van der Waals surface area contributed by atoms with Crippen molar-refractivity contribution in [2.75, 3.05) is 50.8 Å². The molecule has 0 spiro atoms. The first-order valence-electron chi connectivity index (χ1n) is 12.6. The van der Waals surface area contributed by atoms with Gasteiger partial charge in [0.1, 0.15) is 6.61 Å². The lowest BCUT2D eigenvalue weighted by Gasteiger charge is -2.36. The Hall–Kier alpha value is -3.14. The highest BCUT2D eigenvalue weighted by Gasteiger charge is 2.22. The normalized spacial score (nSPS) is 19.8. The molecule has 2 aliphatic heterocycles. The summed E-state index contributed by atoms with van der Waals surface area (Å²) in [5, 5.41) is 3.03. The molecule has 2 atom stereocenters. The lowest BCUT2D eigenvalue weighted by molar-refractivity contribution is -0.155. The molecule has 2 aromatic rings. The fraction of sp³-hybridized carbons (Fsp3) is 0.481. The summed E-state index contributed by atoms with van der Waals surface area (Å²) in [5.41, 5.74) is 1.54. The van der Waals surface area contributed by atoms with Crippen LogP contribution in [-0.4, -0.2) is 84.8 Å². The SMILES string of the molecule is CC(=O)NC(/C=C/c1ccccc1)CN1CCN(c2ncc(C(=O)COC3CCCCO3)cn2)CC1. The van der Waals surface area contributed by atoms with Crippen molar-refractivity contribution in [2.24, 2.45) is 0 Å². The molecule has 1 aromatic carbocycles. The molecule has 1 aromatic heterocycles. The molecular weight excluding hydrogens is 458 g/mol. The van der Waals surface area contributed by atoms with Gasteiger partial charge in [-0.1, -0.05) is 42.5 Å². The van der Waals surface area contributed by atoms with E-state index in [1.165, 1.54) is 0 Å². The van der Waals surface area contributed by atoms with Gasteiger partial charge >= 0.3 is 0 Å². The van der Waals surface area contributed by atoms with Gasteiger partial charge in [-0.2, -0.15) is 0 Å². The van der Waals surface area contributed by atoms with Gasteiger partial charge in [0.15, 0.2) is 12.1 Å². The number of ketones is 1. The molecule has 0 bridgehead atoms. The third-order valence-corrected chi connectivity index (χ3v) is 6.32. The summed E-state index contributed by atoms with van der Waals surface area (Å²) in [7, 11) is 0. The number of nitrogens with one attached hydrogen (secondary N) is 1. The standard InChI is InChI=1S/C27H35N5O4/c1-21(33)30-24(11-10-22-7-3-2-4-8-22)19-31-12-14-32(15-13-31)27-28-17-23(18-29-27)25(34)20-36-26-9-5-6-16-35-26/h2-4,7-8,10-11,17-18,24,26H,5-6,9,12-16,19-20H2,1H3,(H,30,33)/b11-10+. The van der Waals surface area contributed by atoms with Crippen molar-refractivity contribution in [2.45, 2.75) is 38.5 Å². The van der Waals surface area contributed by atoms with Gasteiger partial charge in [-0.05, 0) is 24.8 Å². The maximum atomic E-state index is 12.4. The molecule has 9 nitrogen and oxygen atoms in total. The molecule has 2 aliphatic rings. The minimum absolute atomic E-state index is 0.0275. The quantitative estimate of drug-likeness (QED) is 0.505. The van der Waals surface area contributed by atoms with Crippen LogP contribution in [0.2, 0.25) is 0 Å². The Morgan fingerprint density at radius 2 is 1.89 bits per heavy atom. The van der Waals surface area contributed by atoms with Gasteiger partial charge in [0.25, 0.3) is 0 Å². The highest BCUT2D eigenvalue weighted by Crippen LogP contribution is 2.15. The molecule has 1 amide bonds. The number of amides is 1. The van der Waals surface area contributed by atoms with E-state index in [2.05, 4.69) is 25.1 Å². The smallest absolute Gasteiger partial charge is 0.225 e. The number of Topliss-reactive ketones (excluding diaryl/α,β-unsaturated/α-hetero) is 1. The first kappa shape index (κ1) is 25.9. The minimum Gasteiger partial charge on any atom is -0.353 e. The summed E-state index contributed by atoms with van der Waals surface area (Å²) in [6.45, 7) is 6.12. The van der Waals surface area contributed by atoms with Crippen LogP contribution in [0.4, 0.5) is 5.95 Å². The zero-order chi connectivity index (χ0) is 25.2. The van der Waals surface area contributed by atoms with E-state index in [-0.39, 0.29) is 30.6 Å². The molecule has 0 saturated carbocycles. The van der Waals surface area contributed by atoms with Gasteiger partial charge in [-0.15, -0.1) is 0 Å². The third-order valence-electron chi connectivity index (χ3n) is 6.32. The van der Waals surface area contributed by atoms with Gasteiger partial charge < -0.3 is 19.7 Å². The Kier molecular flexibility index (Phi) is 9.54. The maximum absolute atomic E-state index is 12.4. The van der Waals surface area contributed by atoms with Crippen molar-refractivity contribution in [1.82, 2.24) is 20.2 Å². The molecule has 4 rings (SSSR count). The Bertz CT molecular complexity index is 1000. The van der Waals surface area contributed by atoms with E-state index in [4.69, 9.17) is 9.47 Å². The van der Waals surface area contributed by atoms with Crippen molar-refractivity contribution in [3.8, 4) is 0 Å². The van der Waals surface area contributed by atoms with Crippen molar-refractivity contribution in [3.63, 3.8) is 0 Å². The van der Waals surface area contributed by atoms with Crippen LogP contribution in [0.1, 0.15) is 42.1 Å². The summed E-state index contributed by atoms with van der Waals surface area (Å²) in [5.74, 6) is 0.425. The molecule has 36 heavy (non-hydrogen) atoms. The number of benzene rings is 1. The van der Waals surface area contributed by atoms with Crippen molar-refractivity contribution < 1.29 is 19.1 Å². The summed E-state index contributed by atoms with van der Waals surface area (Å²) < 4.78 is 11.1. The molecule has 192 valence electrons. The molecule has 1 N–H and O–H groups in total. The highest BCUT2D eigenvalue weighted by molar-refractivity contribution is 5.96. The number of carbonyl (C=O) groups is 2. The second-order valence-corrected chi connectivity index (χ2v) is 9.17. The maximum Gasteiger partial charge on any atom is 0.225 e. The van der Waals surface area contributed by atoms with E-state index < -0.39 is 0 Å². The molecule has 2 saturated heterocycles. The number of rotatable bonds is 10. The van der Waals surface area contributed by atoms with Crippen molar-refractivity contribution >= 4 is 23.7 Å². The number of piperazine rings is 1. The van der Waals surface area contributed by atoms with E-state index in [0.717, 1.165) is 57.5 Å². The lowest BCUT2D eigenvalue weighted by atomic mass is 10.1. The summed E-state index contributed by atoms with van der Waals surface area (Å²) in [4.78, 5) is 37.4. The second-order valence-electron chi connectivity index (χ2n) is 9.17. The van der Waals surface area contributed by atoms with Crippen LogP contribution >= 0.6 is 0 Å². The fourth-order valence-electron chi connectivity index (χ4n) is 4.34. The summed E-state index contributed by atoms with van der Waals surface area (Å²) in [6, 6.07) is 9.99. The van der Waals surface area contributed by atoms with Crippen LogP contribution < -0.4 is 10.2 Å². The Morgan fingerprint density at radius 3 is 2.56 bits per heavy atom. The number of hydrogen-bond donors (Lipinski definition) is 1. The third kappa shape index (κ3) is 7.94. The zero-order valence-corrected chi connectivity index (χ0v) is 20.8. The summed E-state index contributed by atoms with van der Waals surface area (Å²) >= 11 is 0. The van der Waals surface area contributed by atoms with E-state index in [9.17, 15) is 9.59 Å². The molecule has 9 heteroatoms. The van der Waals surface area contributed by atoms with Crippen LogP contribution in [-0.2, 0) is 14.3 Å². The van der Waals surface area contributed by atoms with Crippen LogP contribution in [0.15, 0.2) is 48.8 Å². The minimum atomic E-state index is -0.293. The number of nitrogens with zero attached hydrogens (tertiary/aromatic N) is 4. The van der Waals surface area contributed by atoms with Crippen molar-refractivity contribution in [3.05, 3.63) is 59.9 Å². The Balaban J connectivity index is 1.25. The number of hydrogen-bond acceptors (Lipinski definition) is 8. The molecule has 0 aliphatic carbocycles. The predicted molar refractivity (Wildman–Crippen MR) is 138 cm³/mol. The van der Waals surface area contributed by atoms with Gasteiger partial charge in [0, 0.05) is 58.6 Å². The monoisotopic (exact) mass is 493 g/mol. The van der Waals surface area contributed by atoms with E-state index >= 15 is 0 Å². The number of ether oxygens (including phenoxy) is 2. The Morgan fingerprint density at radius 1 is 1.14 bits per heavy atom. The Labute approximate surface area is 212 Å². The molecule has 3 heterocycles.